The number of aliphatic hydroxyl groups is 3. The van der Waals surface area contributed by atoms with E-state index >= 15 is 0 Å². The van der Waals surface area contributed by atoms with Crippen LogP contribution >= 0.6 is 0 Å². The molecule has 7 heteroatoms. The van der Waals surface area contributed by atoms with Crippen molar-refractivity contribution in [2.24, 2.45) is 0 Å². The predicted molar refractivity (Wildman–Crippen MR) is 79.9 cm³/mol. The lowest BCUT2D eigenvalue weighted by molar-refractivity contribution is -0.179. The molecule has 0 radical (unpaired) electrons. The van der Waals surface area contributed by atoms with E-state index in [0.717, 1.165) is 0 Å². The van der Waals surface area contributed by atoms with Crippen molar-refractivity contribution in [3.05, 3.63) is 48.3 Å². The van der Waals surface area contributed by atoms with Gasteiger partial charge in [-0.2, -0.15) is 0 Å². The fraction of sp³-hybridized carbons (Fsp3) is 0.375. The maximum atomic E-state index is 10.2. The van der Waals surface area contributed by atoms with E-state index in [9.17, 15) is 15.3 Å². The van der Waals surface area contributed by atoms with E-state index in [1.807, 2.05) is 0 Å². The summed E-state index contributed by atoms with van der Waals surface area (Å²) in [4.78, 5) is 7.96. The number of nitrogens with zero attached hydrogens (tertiary/aromatic N) is 2. The van der Waals surface area contributed by atoms with E-state index < -0.39 is 24.4 Å². The third-order valence-corrected chi connectivity index (χ3v) is 3.69. The van der Waals surface area contributed by atoms with Gasteiger partial charge in [-0.25, -0.2) is 9.97 Å². The molecule has 0 spiro atoms. The minimum Gasteiger partial charge on any atom is -0.424 e. The third-order valence-electron chi connectivity index (χ3n) is 3.69. The number of rotatable bonds is 4. The van der Waals surface area contributed by atoms with Crippen molar-refractivity contribution >= 4 is 0 Å². The second-order valence-electron chi connectivity index (χ2n) is 5.36. The Kier molecular flexibility index (Phi) is 4.82. The van der Waals surface area contributed by atoms with Crippen LogP contribution in [0.1, 0.15) is 18.1 Å². The fourth-order valence-electron chi connectivity index (χ4n) is 2.55. The van der Waals surface area contributed by atoms with E-state index in [-0.39, 0.29) is 19.0 Å². The first-order valence-corrected chi connectivity index (χ1v) is 7.34. The van der Waals surface area contributed by atoms with Gasteiger partial charge in [0.1, 0.15) is 18.0 Å². The zero-order valence-corrected chi connectivity index (χ0v) is 12.3. The molecule has 1 aromatic carbocycles. The van der Waals surface area contributed by atoms with Gasteiger partial charge in [0.05, 0.1) is 18.8 Å². The lowest BCUT2D eigenvalue weighted by Gasteiger charge is -2.36. The summed E-state index contributed by atoms with van der Waals surface area (Å²) in [5.41, 5.74) is 0.642. The molecular weight excluding hydrogens is 300 g/mol. The van der Waals surface area contributed by atoms with Gasteiger partial charge in [-0.3, -0.25) is 0 Å². The SMILES string of the molecule is OCC1CC(O)C(O)C(c2cccc(Oc3ncccn3)c2)O1. The summed E-state index contributed by atoms with van der Waals surface area (Å²) in [7, 11) is 0. The van der Waals surface area contributed by atoms with E-state index in [4.69, 9.17) is 9.47 Å². The molecule has 0 amide bonds. The highest BCUT2D eigenvalue weighted by Crippen LogP contribution is 2.33. The van der Waals surface area contributed by atoms with Crippen LogP contribution < -0.4 is 4.74 Å². The van der Waals surface area contributed by atoms with Crippen LogP contribution in [0, 0.1) is 0 Å². The normalized spacial score (nSPS) is 27.6. The van der Waals surface area contributed by atoms with Gasteiger partial charge in [-0.1, -0.05) is 12.1 Å². The monoisotopic (exact) mass is 318 g/mol. The summed E-state index contributed by atoms with van der Waals surface area (Å²) >= 11 is 0. The first kappa shape index (κ1) is 15.8. The maximum absolute atomic E-state index is 10.2. The number of ether oxygens (including phenoxy) is 2. The molecule has 4 unspecified atom stereocenters. The molecule has 3 N–H and O–H groups in total. The van der Waals surface area contributed by atoms with Gasteiger partial charge in [0.2, 0.25) is 0 Å². The molecule has 1 aromatic heterocycles. The molecule has 0 saturated carbocycles. The summed E-state index contributed by atoms with van der Waals surface area (Å²) < 4.78 is 11.2. The second-order valence-corrected chi connectivity index (χ2v) is 5.36. The van der Waals surface area contributed by atoms with E-state index in [1.165, 1.54) is 0 Å². The molecular formula is C16H18N2O5. The van der Waals surface area contributed by atoms with Gasteiger partial charge in [0, 0.05) is 18.8 Å². The molecule has 122 valence electrons. The Morgan fingerprint density at radius 3 is 2.70 bits per heavy atom. The lowest BCUT2D eigenvalue weighted by Crippen LogP contribution is -2.44. The maximum Gasteiger partial charge on any atom is 0.321 e. The van der Waals surface area contributed by atoms with Gasteiger partial charge in [0.15, 0.2) is 0 Å². The Hall–Kier alpha value is -2.06. The van der Waals surface area contributed by atoms with Crippen molar-refractivity contribution in [2.75, 3.05) is 6.61 Å². The van der Waals surface area contributed by atoms with Crippen molar-refractivity contribution in [3.63, 3.8) is 0 Å². The molecule has 4 atom stereocenters. The molecule has 1 aliphatic rings. The Morgan fingerprint density at radius 1 is 1.17 bits per heavy atom. The Balaban J connectivity index is 1.81. The second kappa shape index (κ2) is 7.01. The zero-order valence-electron chi connectivity index (χ0n) is 12.3. The highest BCUT2D eigenvalue weighted by molar-refractivity contribution is 5.32. The molecule has 7 nitrogen and oxygen atoms in total. The standard InChI is InChI=1S/C16H18N2O5/c19-9-12-8-13(20)14(21)15(22-12)10-3-1-4-11(7-10)23-16-17-5-2-6-18-16/h1-7,12-15,19-21H,8-9H2. The Morgan fingerprint density at radius 2 is 1.96 bits per heavy atom. The van der Waals surface area contributed by atoms with Gasteiger partial charge in [-0.05, 0) is 23.8 Å². The largest absolute Gasteiger partial charge is 0.424 e. The van der Waals surface area contributed by atoms with Crippen LogP contribution in [0.2, 0.25) is 0 Å². The van der Waals surface area contributed by atoms with Crippen molar-refractivity contribution < 1.29 is 24.8 Å². The number of aliphatic hydroxyl groups excluding tert-OH is 3. The number of benzene rings is 1. The third kappa shape index (κ3) is 3.65. The highest BCUT2D eigenvalue weighted by atomic mass is 16.5. The van der Waals surface area contributed by atoms with Crippen LogP contribution in [0.3, 0.4) is 0 Å². The molecule has 0 aliphatic carbocycles. The molecule has 2 heterocycles. The van der Waals surface area contributed by atoms with Crippen LogP contribution in [0.5, 0.6) is 11.8 Å². The molecule has 0 bridgehead atoms. The zero-order chi connectivity index (χ0) is 16.2. The lowest BCUT2D eigenvalue weighted by atomic mass is 9.93. The molecule has 23 heavy (non-hydrogen) atoms. The molecule has 2 aromatic rings. The quantitative estimate of drug-likeness (QED) is 0.766. The van der Waals surface area contributed by atoms with Crippen molar-refractivity contribution in [3.8, 4) is 11.8 Å². The molecule has 1 aliphatic heterocycles. The smallest absolute Gasteiger partial charge is 0.321 e. The fourth-order valence-corrected chi connectivity index (χ4v) is 2.55. The van der Waals surface area contributed by atoms with Crippen LogP contribution in [-0.4, -0.2) is 50.2 Å². The highest BCUT2D eigenvalue weighted by Gasteiger charge is 2.37. The van der Waals surface area contributed by atoms with Crippen LogP contribution in [0.15, 0.2) is 42.7 Å². The van der Waals surface area contributed by atoms with Crippen LogP contribution in [0.4, 0.5) is 0 Å². The topological polar surface area (TPSA) is 105 Å². The minimum absolute atomic E-state index is 0.197. The van der Waals surface area contributed by atoms with Gasteiger partial charge in [-0.15, -0.1) is 0 Å². The summed E-state index contributed by atoms with van der Waals surface area (Å²) in [6, 6.07) is 8.83. The number of aromatic nitrogens is 2. The molecule has 1 fully saturated rings. The van der Waals surface area contributed by atoms with Crippen LogP contribution in [-0.2, 0) is 4.74 Å². The van der Waals surface area contributed by atoms with Crippen molar-refractivity contribution in [1.82, 2.24) is 9.97 Å². The minimum atomic E-state index is -1.07. The molecule has 3 rings (SSSR count). The number of hydrogen-bond acceptors (Lipinski definition) is 7. The first-order chi connectivity index (χ1) is 11.2. The van der Waals surface area contributed by atoms with Crippen molar-refractivity contribution in [1.29, 1.82) is 0 Å². The van der Waals surface area contributed by atoms with Gasteiger partial charge < -0.3 is 24.8 Å². The van der Waals surface area contributed by atoms with E-state index in [0.29, 0.717) is 11.3 Å². The number of hydrogen-bond donors (Lipinski definition) is 3. The summed E-state index contributed by atoms with van der Waals surface area (Å²) in [5, 5.41) is 29.3. The Labute approximate surface area is 133 Å². The average Bonchev–Trinajstić information content (AvgIpc) is 2.58. The first-order valence-electron chi connectivity index (χ1n) is 7.34. The van der Waals surface area contributed by atoms with Crippen molar-refractivity contribution in [2.45, 2.75) is 30.8 Å². The molecule has 1 saturated heterocycles. The van der Waals surface area contributed by atoms with Crippen LogP contribution in [0.25, 0.3) is 0 Å². The summed E-state index contributed by atoms with van der Waals surface area (Å²) in [6.45, 7) is -0.214. The van der Waals surface area contributed by atoms with E-state index in [2.05, 4.69) is 9.97 Å². The van der Waals surface area contributed by atoms with Gasteiger partial charge >= 0.3 is 6.01 Å². The predicted octanol–water partition coefficient (Wildman–Crippen LogP) is 0.813. The van der Waals surface area contributed by atoms with Gasteiger partial charge in [0.25, 0.3) is 0 Å². The summed E-state index contributed by atoms with van der Waals surface area (Å²) in [5.74, 6) is 0.491. The summed E-state index contributed by atoms with van der Waals surface area (Å²) in [6.07, 6.45) is 0.0676. The average molecular weight is 318 g/mol. The van der Waals surface area contributed by atoms with E-state index in [1.54, 1.807) is 42.7 Å². The Bertz CT molecular complexity index is 639.